The van der Waals surface area contributed by atoms with Gasteiger partial charge >= 0.3 is 5.97 Å². The van der Waals surface area contributed by atoms with Gasteiger partial charge in [0.15, 0.2) is 11.5 Å². The lowest BCUT2D eigenvalue weighted by Crippen LogP contribution is -2.48. The van der Waals surface area contributed by atoms with Gasteiger partial charge in [0.25, 0.3) is 0 Å². The number of esters is 1. The molecule has 2 N–H and O–H groups in total. The SMILES string of the molecule is CCOC(=O)c1[nH]c2ccc(OCC)cc2c1NC(=O)CN1CCN(Cc2ccc3c(c2)OCO3)CC1. The Morgan fingerprint density at radius 3 is 2.54 bits per heavy atom. The second kappa shape index (κ2) is 11.1. The van der Waals surface area contributed by atoms with E-state index in [1.165, 1.54) is 5.56 Å². The van der Waals surface area contributed by atoms with Crippen LogP contribution in [0.4, 0.5) is 5.69 Å². The molecule has 196 valence electrons. The molecule has 0 spiro atoms. The van der Waals surface area contributed by atoms with Crippen LogP contribution in [0.25, 0.3) is 10.9 Å². The number of nitrogens with zero attached hydrogens (tertiary/aromatic N) is 2. The first kappa shape index (κ1) is 24.9. The molecule has 3 heterocycles. The fraction of sp³-hybridized carbons (Fsp3) is 0.407. The minimum Gasteiger partial charge on any atom is -0.494 e. The molecule has 0 atom stereocenters. The molecule has 10 heteroatoms. The molecule has 0 bridgehead atoms. The third-order valence-electron chi connectivity index (χ3n) is 6.50. The van der Waals surface area contributed by atoms with Crippen molar-refractivity contribution in [1.82, 2.24) is 14.8 Å². The molecule has 1 saturated heterocycles. The first-order valence-electron chi connectivity index (χ1n) is 12.6. The Balaban J connectivity index is 1.21. The van der Waals surface area contributed by atoms with Crippen LogP contribution in [0.1, 0.15) is 29.9 Å². The third-order valence-corrected chi connectivity index (χ3v) is 6.50. The van der Waals surface area contributed by atoms with Crippen LogP contribution in [0, 0.1) is 0 Å². The van der Waals surface area contributed by atoms with Crippen molar-refractivity contribution in [3.63, 3.8) is 0 Å². The average Bonchev–Trinajstić information content (AvgIpc) is 3.50. The van der Waals surface area contributed by atoms with Gasteiger partial charge in [0, 0.05) is 43.6 Å². The highest BCUT2D eigenvalue weighted by atomic mass is 16.7. The second-order valence-electron chi connectivity index (χ2n) is 9.02. The van der Waals surface area contributed by atoms with Gasteiger partial charge in [-0.3, -0.25) is 14.6 Å². The van der Waals surface area contributed by atoms with Crippen LogP contribution in [0.2, 0.25) is 0 Å². The minimum atomic E-state index is -0.510. The van der Waals surface area contributed by atoms with E-state index >= 15 is 0 Å². The van der Waals surface area contributed by atoms with Gasteiger partial charge in [-0.2, -0.15) is 0 Å². The summed E-state index contributed by atoms with van der Waals surface area (Å²) in [5, 5.41) is 3.66. The zero-order valence-corrected chi connectivity index (χ0v) is 21.2. The van der Waals surface area contributed by atoms with E-state index in [0.29, 0.717) is 23.4 Å². The average molecular weight is 509 g/mol. The van der Waals surface area contributed by atoms with Gasteiger partial charge in [0.2, 0.25) is 12.7 Å². The zero-order valence-electron chi connectivity index (χ0n) is 21.2. The van der Waals surface area contributed by atoms with Gasteiger partial charge in [0.1, 0.15) is 11.4 Å². The van der Waals surface area contributed by atoms with Crippen LogP contribution in [-0.4, -0.2) is 79.4 Å². The summed E-state index contributed by atoms with van der Waals surface area (Å²) in [6.45, 7) is 8.96. The highest BCUT2D eigenvalue weighted by Crippen LogP contribution is 2.33. The van der Waals surface area contributed by atoms with Crippen molar-refractivity contribution in [3.05, 3.63) is 47.7 Å². The predicted octanol–water partition coefficient (Wildman–Crippen LogP) is 3.23. The number of benzene rings is 2. The van der Waals surface area contributed by atoms with Crippen molar-refractivity contribution in [1.29, 1.82) is 0 Å². The number of aromatic nitrogens is 1. The number of aromatic amines is 1. The molecule has 0 unspecified atom stereocenters. The Kier molecular flexibility index (Phi) is 7.47. The molecule has 0 aliphatic carbocycles. The Bertz CT molecular complexity index is 1280. The zero-order chi connectivity index (χ0) is 25.8. The van der Waals surface area contributed by atoms with Crippen LogP contribution < -0.4 is 19.5 Å². The summed E-state index contributed by atoms with van der Waals surface area (Å²) in [6.07, 6.45) is 0. The number of piperazine rings is 1. The summed E-state index contributed by atoms with van der Waals surface area (Å²) in [4.78, 5) is 33.2. The first-order chi connectivity index (χ1) is 18.0. The summed E-state index contributed by atoms with van der Waals surface area (Å²) in [5.41, 5.74) is 2.54. The molecule has 1 fully saturated rings. The number of fused-ring (bicyclic) bond motifs is 2. The van der Waals surface area contributed by atoms with Crippen LogP contribution in [-0.2, 0) is 16.1 Å². The lowest BCUT2D eigenvalue weighted by Gasteiger charge is -2.34. The number of rotatable bonds is 9. The molecule has 2 aromatic carbocycles. The maximum Gasteiger partial charge on any atom is 0.356 e. The number of ether oxygens (including phenoxy) is 4. The fourth-order valence-electron chi connectivity index (χ4n) is 4.70. The van der Waals surface area contributed by atoms with Gasteiger partial charge in [-0.05, 0) is 49.7 Å². The molecular weight excluding hydrogens is 476 g/mol. The molecule has 2 aliphatic rings. The van der Waals surface area contributed by atoms with Crippen LogP contribution in [0.3, 0.4) is 0 Å². The number of hydrogen-bond donors (Lipinski definition) is 2. The Morgan fingerprint density at radius 1 is 0.973 bits per heavy atom. The number of hydrogen-bond acceptors (Lipinski definition) is 8. The highest BCUT2D eigenvalue weighted by Gasteiger charge is 2.24. The van der Waals surface area contributed by atoms with Gasteiger partial charge in [-0.15, -0.1) is 0 Å². The molecule has 10 nitrogen and oxygen atoms in total. The smallest absolute Gasteiger partial charge is 0.356 e. The van der Waals surface area contributed by atoms with E-state index in [1.54, 1.807) is 6.92 Å². The van der Waals surface area contributed by atoms with E-state index in [2.05, 4.69) is 26.2 Å². The topological polar surface area (TPSA) is 105 Å². The van der Waals surface area contributed by atoms with Crippen LogP contribution in [0.15, 0.2) is 36.4 Å². The number of amides is 1. The normalized spacial score (nSPS) is 15.6. The van der Waals surface area contributed by atoms with Crippen molar-refractivity contribution in [2.24, 2.45) is 0 Å². The molecule has 0 radical (unpaired) electrons. The van der Waals surface area contributed by atoms with E-state index in [1.807, 2.05) is 37.3 Å². The summed E-state index contributed by atoms with van der Waals surface area (Å²) in [5.74, 6) is 1.55. The monoisotopic (exact) mass is 508 g/mol. The van der Waals surface area contributed by atoms with Crippen LogP contribution >= 0.6 is 0 Å². The van der Waals surface area contributed by atoms with Crippen molar-refractivity contribution in [2.45, 2.75) is 20.4 Å². The maximum atomic E-state index is 13.1. The molecule has 5 rings (SSSR count). The number of H-pyrrole nitrogens is 1. The second-order valence-corrected chi connectivity index (χ2v) is 9.02. The molecule has 0 saturated carbocycles. The third kappa shape index (κ3) is 5.65. The van der Waals surface area contributed by atoms with Crippen molar-refractivity contribution >= 4 is 28.5 Å². The van der Waals surface area contributed by atoms with E-state index in [4.69, 9.17) is 18.9 Å². The molecular formula is C27H32N4O6. The van der Waals surface area contributed by atoms with Crippen molar-refractivity contribution in [3.8, 4) is 17.2 Å². The lowest BCUT2D eigenvalue weighted by atomic mass is 10.1. The van der Waals surface area contributed by atoms with Crippen molar-refractivity contribution < 1.29 is 28.5 Å². The molecule has 1 aromatic heterocycles. The number of anilines is 1. The maximum absolute atomic E-state index is 13.1. The number of carbonyl (C=O) groups excluding carboxylic acids is 2. The Morgan fingerprint density at radius 2 is 1.76 bits per heavy atom. The van der Waals surface area contributed by atoms with Gasteiger partial charge in [-0.1, -0.05) is 6.07 Å². The quantitative estimate of drug-likeness (QED) is 0.425. The fourth-order valence-corrected chi connectivity index (χ4v) is 4.70. The van der Waals surface area contributed by atoms with Gasteiger partial charge < -0.3 is 29.2 Å². The molecule has 3 aromatic rings. The van der Waals surface area contributed by atoms with Crippen molar-refractivity contribution in [2.75, 3.05) is 58.0 Å². The van der Waals surface area contributed by atoms with Gasteiger partial charge in [-0.25, -0.2) is 4.79 Å². The number of carbonyl (C=O) groups is 2. The predicted molar refractivity (Wildman–Crippen MR) is 138 cm³/mol. The van der Waals surface area contributed by atoms with E-state index < -0.39 is 5.97 Å². The highest BCUT2D eigenvalue weighted by molar-refractivity contribution is 6.11. The molecule has 37 heavy (non-hydrogen) atoms. The largest absolute Gasteiger partial charge is 0.494 e. The van der Waals surface area contributed by atoms with Gasteiger partial charge in [0.05, 0.1) is 25.4 Å². The molecule has 2 aliphatic heterocycles. The molecule has 1 amide bonds. The summed E-state index contributed by atoms with van der Waals surface area (Å²) >= 11 is 0. The van der Waals surface area contributed by atoms with E-state index in [0.717, 1.165) is 49.7 Å². The first-order valence-corrected chi connectivity index (χ1v) is 12.6. The van der Waals surface area contributed by atoms with E-state index in [-0.39, 0.29) is 31.5 Å². The lowest BCUT2D eigenvalue weighted by molar-refractivity contribution is -0.117. The standard InChI is InChI=1S/C27H32N4O6/c1-3-34-19-6-7-21-20(14-19)25(26(28-21)27(33)35-4-2)29-24(32)16-31-11-9-30(10-12-31)15-18-5-8-22-23(13-18)37-17-36-22/h5-8,13-14,28H,3-4,9-12,15-17H2,1-2H3,(H,29,32). The summed E-state index contributed by atoms with van der Waals surface area (Å²) in [6, 6.07) is 11.5. The Hall–Kier alpha value is -3.76. The minimum absolute atomic E-state index is 0.183. The van der Waals surface area contributed by atoms with E-state index in [9.17, 15) is 9.59 Å². The summed E-state index contributed by atoms with van der Waals surface area (Å²) < 4.78 is 21.7. The Labute approximate surface area is 215 Å². The number of nitrogens with one attached hydrogen (secondary N) is 2. The van der Waals surface area contributed by atoms with Crippen LogP contribution in [0.5, 0.6) is 17.2 Å². The summed E-state index contributed by atoms with van der Waals surface area (Å²) in [7, 11) is 0.